The van der Waals surface area contributed by atoms with Crippen molar-refractivity contribution in [3.8, 4) is 11.5 Å². The standard InChI is InChI=1S/C15H22N2O4/c1-3-17(15(18)16-8-9-19-2)10-12-11-20-13-6-4-5-7-14(13)21-12/h4-7,12H,3,8-11H2,1-2H3,(H,16,18). The van der Waals surface area contributed by atoms with Crippen LogP contribution in [0.2, 0.25) is 0 Å². The predicted octanol–water partition coefficient (Wildman–Crippen LogP) is 1.50. The monoisotopic (exact) mass is 294 g/mol. The molecule has 1 N–H and O–H groups in total. The SMILES string of the molecule is CCN(CC1COc2ccccc2O1)C(=O)NCCOC. The van der Waals surface area contributed by atoms with E-state index in [1.54, 1.807) is 12.0 Å². The second-order valence-corrected chi connectivity index (χ2v) is 4.76. The number of rotatable bonds is 6. The first-order valence-corrected chi connectivity index (χ1v) is 7.14. The molecule has 1 heterocycles. The Kier molecular flexibility index (Phi) is 5.68. The molecule has 6 heteroatoms. The topological polar surface area (TPSA) is 60.0 Å². The Bertz CT molecular complexity index is 467. The van der Waals surface area contributed by atoms with Crippen LogP contribution in [-0.4, -0.2) is 57.0 Å². The minimum atomic E-state index is -0.159. The van der Waals surface area contributed by atoms with Crippen molar-refractivity contribution in [2.45, 2.75) is 13.0 Å². The number of hydrogen-bond donors (Lipinski definition) is 1. The summed E-state index contributed by atoms with van der Waals surface area (Å²) < 4.78 is 16.4. The number of fused-ring (bicyclic) bond motifs is 1. The van der Waals surface area contributed by atoms with Crippen LogP contribution in [0.25, 0.3) is 0 Å². The largest absolute Gasteiger partial charge is 0.486 e. The van der Waals surface area contributed by atoms with Gasteiger partial charge in [0.05, 0.1) is 13.2 Å². The van der Waals surface area contributed by atoms with Gasteiger partial charge in [-0.3, -0.25) is 0 Å². The fourth-order valence-electron chi connectivity index (χ4n) is 2.13. The molecule has 2 rings (SSSR count). The molecule has 6 nitrogen and oxygen atoms in total. The van der Waals surface area contributed by atoms with Crippen LogP contribution in [0.5, 0.6) is 11.5 Å². The van der Waals surface area contributed by atoms with Crippen LogP contribution in [0.4, 0.5) is 4.79 Å². The zero-order valence-corrected chi connectivity index (χ0v) is 12.5. The number of carbonyl (C=O) groups excluding carboxylic acids is 1. The van der Waals surface area contributed by atoms with Crippen LogP contribution >= 0.6 is 0 Å². The highest BCUT2D eigenvalue weighted by Crippen LogP contribution is 2.30. The average molecular weight is 294 g/mol. The van der Waals surface area contributed by atoms with E-state index in [-0.39, 0.29) is 12.1 Å². The number of amides is 2. The molecule has 1 atom stereocenters. The second kappa shape index (κ2) is 7.73. The number of hydrogen-bond acceptors (Lipinski definition) is 4. The lowest BCUT2D eigenvalue weighted by atomic mass is 10.2. The zero-order valence-electron chi connectivity index (χ0n) is 12.5. The van der Waals surface area contributed by atoms with Crippen LogP contribution in [-0.2, 0) is 4.74 Å². The van der Waals surface area contributed by atoms with Gasteiger partial charge in [0.1, 0.15) is 6.61 Å². The maximum Gasteiger partial charge on any atom is 0.317 e. The molecule has 0 spiro atoms. The van der Waals surface area contributed by atoms with E-state index >= 15 is 0 Å². The summed E-state index contributed by atoms with van der Waals surface area (Å²) in [6.45, 7) is 4.48. The Morgan fingerprint density at radius 1 is 1.43 bits per heavy atom. The molecule has 0 saturated carbocycles. The number of nitrogens with one attached hydrogen (secondary N) is 1. The number of para-hydroxylation sites is 2. The average Bonchev–Trinajstić information content (AvgIpc) is 2.52. The molecule has 1 aromatic carbocycles. The summed E-state index contributed by atoms with van der Waals surface area (Å²) in [5.74, 6) is 1.48. The number of ether oxygens (including phenoxy) is 3. The van der Waals surface area contributed by atoms with E-state index in [0.29, 0.717) is 32.8 Å². The molecule has 21 heavy (non-hydrogen) atoms. The van der Waals surface area contributed by atoms with E-state index in [2.05, 4.69) is 5.32 Å². The number of likely N-dealkylation sites (N-methyl/N-ethyl adjacent to an activating group) is 1. The molecule has 1 aromatic rings. The van der Waals surface area contributed by atoms with Gasteiger partial charge in [-0.1, -0.05) is 12.1 Å². The van der Waals surface area contributed by atoms with Gasteiger partial charge < -0.3 is 24.4 Å². The Labute approximate surface area is 125 Å². The number of urea groups is 1. The van der Waals surface area contributed by atoms with E-state index in [4.69, 9.17) is 14.2 Å². The Balaban J connectivity index is 1.86. The fourth-order valence-corrected chi connectivity index (χ4v) is 2.13. The molecule has 2 amide bonds. The van der Waals surface area contributed by atoms with E-state index < -0.39 is 0 Å². The molecular weight excluding hydrogens is 272 g/mol. The third-order valence-electron chi connectivity index (χ3n) is 3.24. The second-order valence-electron chi connectivity index (χ2n) is 4.76. The summed E-state index contributed by atoms with van der Waals surface area (Å²) in [5.41, 5.74) is 0. The van der Waals surface area contributed by atoms with Crippen molar-refractivity contribution in [2.75, 3.05) is 40.0 Å². The van der Waals surface area contributed by atoms with Crippen LogP contribution < -0.4 is 14.8 Å². The fraction of sp³-hybridized carbons (Fsp3) is 0.533. The van der Waals surface area contributed by atoms with E-state index in [1.165, 1.54) is 0 Å². The van der Waals surface area contributed by atoms with Crippen LogP contribution in [0.1, 0.15) is 6.92 Å². The molecule has 0 radical (unpaired) electrons. The van der Waals surface area contributed by atoms with Crippen molar-refractivity contribution in [3.05, 3.63) is 24.3 Å². The molecule has 0 fully saturated rings. The lowest BCUT2D eigenvalue weighted by molar-refractivity contribution is 0.0672. The van der Waals surface area contributed by atoms with Crippen LogP contribution in [0.15, 0.2) is 24.3 Å². The van der Waals surface area contributed by atoms with Crippen LogP contribution in [0, 0.1) is 0 Å². The van der Waals surface area contributed by atoms with Crippen molar-refractivity contribution in [1.82, 2.24) is 10.2 Å². The quantitative estimate of drug-likeness (QED) is 0.808. The Morgan fingerprint density at radius 3 is 2.90 bits per heavy atom. The smallest absolute Gasteiger partial charge is 0.317 e. The maximum atomic E-state index is 12.0. The minimum absolute atomic E-state index is 0.114. The third kappa shape index (κ3) is 4.26. The molecule has 0 aliphatic carbocycles. The molecule has 116 valence electrons. The summed E-state index contributed by atoms with van der Waals surface area (Å²) in [7, 11) is 1.61. The first-order chi connectivity index (χ1) is 10.2. The van der Waals surface area contributed by atoms with Gasteiger partial charge in [0, 0.05) is 20.2 Å². The normalized spacial score (nSPS) is 16.4. The van der Waals surface area contributed by atoms with Crippen molar-refractivity contribution in [1.29, 1.82) is 0 Å². The first-order valence-electron chi connectivity index (χ1n) is 7.14. The van der Waals surface area contributed by atoms with Gasteiger partial charge in [-0.05, 0) is 19.1 Å². The van der Waals surface area contributed by atoms with Crippen LogP contribution in [0.3, 0.4) is 0 Å². The van der Waals surface area contributed by atoms with Gasteiger partial charge >= 0.3 is 6.03 Å². The van der Waals surface area contributed by atoms with Crippen molar-refractivity contribution >= 4 is 6.03 Å². The Morgan fingerprint density at radius 2 is 2.19 bits per heavy atom. The predicted molar refractivity (Wildman–Crippen MR) is 78.9 cm³/mol. The summed E-state index contributed by atoms with van der Waals surface area (Å²) >= 11 is 0. The summed E-state index contributed by atoms with van der Waals surface area (Å²) in [4.78, 5) is 13.7. The van der Waals surface area contributed by atoms with Gasteiger partial charge in [-0.15, -0.1) is 0 Å². The van der Waals surface area contributed by atoms with Gasteiger partial charge in [0.15, 0.2) is 17.6 Å². The third-order valence-corrected chi connectivity index (χ3v) is 3.24. The molecular formula is C15H22N2O4. The molecule has 1 aliphatic heterocycles. The lowest BCUT2D eigenvalue weighted by Crippen LogP contribution is -2.47. The molecule has 1 aliphatic rings. The molecule has 0 bridgehead atoms. The van der Waals surface area contributed by atoms with Crippen molar-refractivity contribution in [2.24, 2.45) is 0 Å². The maximum absolute atomic E-state index is 12.0. The van der Waals surface area contributed by atoms with Gasteiger partial charge in [0.25, 0.3) is 0 Å². The van der Waals surface area contributed by atoms with Gasteiger partial charge in [-0.25, -0.2) is 4.79 Å². The Hall–Kier alpha value is -1.95. The number of methoxy groups -OCH3 is 1. The van der Waals surface area contributed by atoms with E-state index in [0.717, 1.165) is 11.5 Å². The minimum Gasteiger partial charge on any atom is -0.486 e. The summed E-state index contributed by atoms with van der Waals surface area (Å²) in [6, 6.07) is 7.44. The number of benzene rings is 1. The van der Waals surface area contributed by atoms with Gasteiger partial charge in [-0.2, -0.15) is 0 Å². The summed E-state index contributed by atoms with van der Waals surface area (Å²) in [6.07, 6.45) is -0.159. The zero-order chi connectivity index (χ0) is 15.1. The molecule has 0 aromatic heterocycles. The van der Waals surface area contributed by atoms with E-state index in [1.807, 2.05) is 31.2 Å². The molecule has 1 unspecified atom stereocenters. The highest BCUT2D eigenvalue weighted by molar-refractivity contribution is 5.74. The van der Waals surface area contributed by atoms with Crippen molar-refractivity contribution < 1.29 is 19.0 Å². The lowest BCUT2D eigenvalue weighted by Gasteiger charge is -2.30. The number of nitrogens with zero attached hydrogens (tertiary/aromatic N) is 1. The van der Waals surface area contributed by atoms with Gasteiger partial charge in [0.2, 0.25) is 0 Å². The highest BCUT2D eigenvalue weighted by Gasteiger charge is 2.24. The first kappa shape index (κ1) is 15.4. The highest BCUT2D eigenvalue weighted by atomic mass is 16.6. The van der Waals surface area contributed by atoms with E-state index in [9.17, 15) is 4.79 Å². The number of carbonyl (C=O) groups is 1. The van der Waals surface area contributed by atoms with Crippen molar-refractivity contribution in [3.63, 3.8) is 0 Å². The summed E-state index contributed by atoms with van der Waals surface area (Å²) in [5, 5.41) is 2.81. The molecule has 0 saturated heterocycles.